The van der Waals surface area contributed by atoms with Crippen LogP contribution < -0.4 is 0 Å². The van der Waals surface area contributed by atoms with Crippen LogP contribution in [0.1, 0.15) is 33.1 Å². The molecule has 27 heavy (non-hydrogen) atoms. The second kappa shape index (κ2) is 6.37. The van der Waals surface area contributed by atoms with Crippen LogP contribution in [0, 0.1) is 0 Å². The third-order valence-corrected chi connectivity index (χ3v) is 10.9. The molecule has 3 saturated heterocycles. The lowest BCUT2D eigenvalue weighted by molar-refractivity contribution is -0.157. The molecule has 2 N–H and O–H groups in total. The highest BCUT2D eigenvalue weighted by molar-refractivity contribution is 8.46. The second-order valence-corrected chi connectivity index (χ2v) is 11.9. The van der Waals surface area contributed by atoms with Crippen LogP contribution in [0.5, 0.6) is 0 Å². The van der Waals surface area contributed by atoms with Gasteiger partial charge < -0.3 is 24.9 Å². The summed E-state index contributed by atoms with van der Waals surface area (Å²) in [5.41, 5.74) is 0. The largest absolute Gasteiger partial charge is 0.480 e. The molecular weight excluding hydrogens is 374 g/mol. The molecule has 4 atom stereocenters. The molecule has 0 bridgehead atoms. The summed E-state index contributed by atoms with van der Waals surface area (Å²) < 4.78 is -1.10. The molecule has 3 rings (SSSR count). The summed E-state index contributed by atoms with van der Waals surface area (Å²) in [6.45, 7) is 3.70. The molecule has 0 aromatic heterocycles. The van der Waals surface area contributed by atoms with Crippen molar-refractivity contribution in [2.24, 2.45) is 0 Å². The van der Waals surface area contributed by atoms with E-state index < -0.39 is 44.1 Å². The van der Waals surface area contributed by atoms with E-state index in [0.717, 1.165) is 0 Å². The molecule has 3 fully saturated rings. The van der Waals surface area contributed by atoms with Crippen molar-refractivity contribution in [2.75, 3.05) is 26.6 Å². The number of aliphatic hydroxyl groups is 1. The van der Waals surface area contributed by atoms with E-state index in [1.54, 1.807) is 27.9 Å². The lowest BCUT2D eigenvalue weighted by atomic mass is 9.98. The maximum atomic E-state index is 13.7. The molecule has 152 valence electrons. The fourth-order valence-corrected chi connectivity index (χ4v) is 9.05. The van der Waals surface area contributed by atoms with Gasteiger partial charge in [0.1, 0.15) is 12.1 Å². The van der Waals surface area contributed by atoms with Gasteiger partial charge in [0.05, 0.1) is 17.7 Å². The number of nitrogens with zero attached hydrogens (tertiary/aromatic N) is 3. The number of fused-ring (bicyclic) bond motifs is 1. The van der Waals surface area contributed by atoms with Crippen LogP contribution in [0.2, 0.25) is 0 Å². The van der Waals surface area contributed by atoms with E-state index in [2.05, 4.69) is 0 Å². The minimum Gasteiger partial charge on any atom is -0.480 e. The molecule has 0 spiro atoms. The minimum absolute atomic E-state index is 0.0645. The van der Waals surface area contributed by atoms with Crippen LogP contribution in [-0.4, -0.2) is 96.7 Å². The Morgan fingerprint density at radius 2 is 1.93 bits per heavy atom. The van der Waals surface area contributed by atoms with Crippen LogP contribution >= 0.6 is 10.0 Å². The monoisotopic (exact) mass is 401 g/mol. The maximum absolute atomic E-state index is 13.7. The van der Waals surface area contributed by atoms with Gasteiger partial charge in [-0.05, 0) is 26.7 Å². The summed E-state index contributed by atoms with van der Waals surface area (Å²) in [7, 11) is 0.655. The Bertz CT molecular complexity index is 711. The number of β-lactam (4-membered cyclic amide) rings is 1. The summed E-state index contributed by atoms with van der Waals surface area (Å²) in [4.78, 5) is 54.5. The molecule has 3 heterocycles. The van der Waals surface area contributed by atoms with Crippen molar-refractivity contribution in [2.45, 2.75) is 55.3 Å². The van der Waals surface area contributed by atoms with E-state index in [1.165, 1.54) is 14.7 Å². The van der Waals surface area contributed by atoms with Crippen LogP contribution in [-0.2, 0) is 14.4 Å². The van der Waals surface area contributed by atoms with E-state index in [0.29, 0.717) is 19.4 Å². The zero-order valence-electron chi connectivity index (χ0n) is 16.0. The molecule has 3 aliphatic heterocycles. The fourth-order valence-electron chi connectivity index (χ4n) is 4.75. The number of rotatable bonds is 3. The molecule has 3 amide bonds. The first-order chi connectivity index (χ1) is 12.5. The van der Waals surface area contributed by atoms with E-state index >= 15 is 0 Å². The van der Waals surface area contributed by atoms with Gasteiger partial charge in [-0.1, -0.05) is 0 Å². The van der Waals surface area contributed by atoms with Gasteiger partial charge in [0.15, 0.2) is 0 Å². The molecular formula is C17H27N3O6S. The molecule has 1 unspecified atom stereocenters. The molecule has 9 nitrogen and oxygen atoms in total. The van der Waals surface area contributed by atoms with Crippen LogP contribution in [0.3, 0.4) is 0 Å². The Hall–Kier alpha value is -1.81. The Balaban J connectivity index is 2.04. The molecule has 0 saturated carbocycles. The predicted octanol–water partition coefficient (Wildman–Crippen LogP) is 0.217. The van der Waals surface area contributed by atoms with Gasteiger partial charge in [-0.2, -0.15) is 0 Å². The van der Waals surface area contributed by atoms with Gasteiger partial charge in [0.2, 0.25) is 11.8 Å². The normalized spacial score (nSPS) is 36.6. The SMILES string of the molecule is CN(C)C(=O)[C@@H]1CCCN1C(=O)S1(CO)[C@@H]2CC(=O)N2[C@@H](C(=O)O)C1(C)C. The van der Waals surface area contributed by atoms with E-state index in [-0.39, 0.29) is 23.5 Å². The fraction of sp³-hybridized carbons (Fsp3) is 0.765. The highest BCUT2D eigenvalue weighted by Crippen LogP contribution is 2.74. The Morgan fingerprint density at radius 3 is 2.37 bits per heavy atom. The summed E-state index contributed by atoms with van der Waals surface area (Å²) in [6.07, 6.45) is 1.28. The van der Waals surface area contributed by atoms with Gasteiger partial charge in [-0.3, -0.25) is 14.4 Å². The zero-order valence-corrected chi connectivity index (χ0v) is 16.9. The van der Waals surface area contributed by atoms with Crippen molar-refractivity contribution < 1.29 is 29.4 Å². The average molecular weight is 401 g/mol. The van der Waals surface area contributed by atoms with Crippen LogP contribution in [0.15, 0.2) is 0 Å². The van der Waals surface area contributed by atoms with Gasteiger partial charge in [0.25, 0.3) is 5.24 Å². The van der Waals surface area contributed by atoms with Gasteiger partial charge in [0, 0.05) is 25.4 Å². The number of aliphatic hydroxyl groups excluding tert-OH is 1. The molecule has 0 radical (unpaired) electrons. The van der Waals surface area contributed by atoms with Crippen LogP contribution in [0.25, 0.3) is 0 Å². The summed E-state index contributed by atoms with van der Waals surface area (Å²) >= 11 is 0. The number of hydrogen-bond donors (Lipinski definition) is 2. The standard InChI is InChI=1S/C17H27N3O6S/c1-17(2)13(15(24)25)20-11(22)8-12(20)27(17,9-21)16(26)19-7-5-6-10(19)14(23)18(3)4/h10,12-13,21H,5-9H2,1-4H3,(H,24,25)/t10-,12+,13-/m0/s1. The van der Waals surface area contributed by atoms with Gasteiger partial charge >= 0.3 is 5.97 Å². The number of hydrogen-bond acceptors (Lipinski definition) is 5. The van der Waals surface area contributed by atoms with Crippen molar-refractivity contribution >= 4 is 33.1 Å². The van der Waals surface area contributed by atoms with E-state index in [4.69, 9.17) is 0 Å². The Morgan fingerprint density at radius 1 is 1.30 bits per heavy atom. The number of carboxylic acid groups (broad SMARTS) is 1. The molecule has 10 heteroatoms. The number of aliphatic carboxylic acids is 1. The van der Waals surface area contributed by atoms with E-state index in [9.17, 15) is 29.4 Å². The highest BCUT2D eigenvalue weighted by Gasteiger charge is 2.72. The van der Waals surface area contributed by atoms with Crippen molar-refractivity contribution in [3.8, 4) is 0 Å². The topological polar surface area (TPSA) is 118 Å². The van der Waals surface area contributed by atoms with E-state index in [1.807, 2.05) is 0 Å². The highest BCUT2D eigenvalue weighted by atomic mass is 32.3. The Kier molecular flexibility index (Phi) is 4.70. The first-order valence-electron chi connectivity index (χ1n) is 8.98. The lowest BCUT2D eigenvalue weighted by Gasteiger charge is -2.51. The molecule has 3 aliphatic rings. The first kappa shape index (κ1) is 19.9. The lowest BCUT2D eigenvalue weighted by Crippen LogP contribution is -2.57. The average Bonchev–Trinajstić information content (AvgIpc) is 3.12. The summed E-state index contributed by atoms with van der Waals surface area (Å²) in [6, 6.07) is -1.76. The first-order valence-corrected chi connectivity index (χ1v) is 10.8. The molecule has 0 aliphatic carbocycles. The number of amides is 3. The number of carboxylic acids is 1. The number of carbonyl (C=O) groups is 4. The summed E-state index contributed by atoms with van der Waals surface area (Å²) in [5, 5.41) is 19.2. The predicted molar refractivity (Wildman–Crippen MR) is 99.2 cm³/mol. The third-order valence-electron chi connectivity index (χ3n) is 6.25. The zero-order chi connectivity index (χ0) is 20.3. The number of likely N-dealkylation sites (tertiary alicyclic amines) is 1. The van der Waals surface area contributed by atoms with Crippen molar-refractivity contribution in [3.05, 3.63) is 0 Å². The van der Waals surface area contributed by atoms with Crippen LogP contribution in [0.4, 0.5) is 4.79 Å². The quantitative estimate of drug-likeness (QED) is 0.653. The smallest absolute Gasteiger partial charge is 0.327 e. The molecule has 0 aromatic rings. The second-order valence-electron chi connectivity index (χ2n) is 8.08. The van der Waals surface area contributed by atoms with Crippen molar-refractivity contribution in [3.63, 3.8) is 0 Å². The molecule has 0 aromatic carbocycles. The maximum Gasteiger partial charge on any atom is 0.327 e. The third kappa shape index (κ3) is 2.42. The van der Waals surface area contributed by atoms with Gasteiger partial charge in [-0.25, -0.2) is 4.79 Å². The Labute approximate surface area is 159 Å². The van der Waals surface area contributed by atoms with Crippen molar-refractivity contribution in [1.29, 1.82) is 0 Å². The number of carbonyl (C=O) groups excluding carboxylic acids is 3. The van der Waals surface area contributed by atoms with Gasteiger partial charge in [-0.15, -0.1) is 10.0 Å². The minimum atomic E-state index is -2.60. The van der Waals surface area contributed by atoms with Crippen molar-refractivity contribution in [1.82, 2.24) is 14.7 Å². The summed E-state index contributed by atoms with van der Waals surface area (Å²) in [5.74, 6) is -2.15. The number of likely N-dealkylation sites (N-methyl/N-ethyl adjacent to an activating group) is 1.